The van der Waals surface area contributed by atoms with Gasteiger partial charge < -0.3 is 10.6 Å². The molecule has 2 rings (SSSR count). The van der Waals surface area contributed by atoms with E-state index in [1.165, 1.54) is 18.2 Å². The number of benzene rings is 2. The van der Waals surface area contributed by atoms with E-state index >= 15 is 0 Å². The quantitative estimate of drug-likeness (QED) is 0.632. The number of amides is 2. The predicted octanol–water partition coefficient (Wildman–Crippen LogP) is 3.39. The normalized spacial score (nSPS) is 10.4. The molecule has 0 unspecified atom stereocenters. The van der Waals surface area contributed by atoms with E-state index in [-0.39, 0.29) is 17.6 Å². The summed E-state index contributed by atoms with van der Waals surface area (Å²) in [6, 6.07) is 12.5. The summed E-state index contributed by atoms with van der Waals surface area (Å²) in [6.07, 6.45) is 4.46. The molecule has 0 aromatic heterocycles. The number of hydrogen-bond acceptors (Lipinski definition) is 2. The van der Waals surface area contributed by atoms with Gasteiger partial charge in [-0.2, -0.15) is 0 Å². The second-order valence-electron chi connectivity index (χ2n) is 4.92. The van der Waals surface area contributed by atoms with E-state index < -0.39 is 0 Å². The Labute approximate surface area is 139 Å². The number of carbonyl (C=O) groups is 2. The van der Waals surface area contributed by atoms with E-state index in [4.69, 9.17) is 0 Å². The van der Waals surface area contributed by atoms with Crippen molar-refractivity contribution in [2.24, 2.45) is 0 Å². The van der Waals surface area contributed by atoms with Gasteiger partial charge in [0, 0.05) is 12.6 Å². The van der Waals surface area contributed by atoms with Crippen molar-refractivity contribution in [2.75, 3.05) is 11.9 Å². The lowest BCUT2D eigenvalue weighted by molar-refractivity contribution is -0.111. The average molecular weight is 324 g/mol. The highest BCUT2D eigenvalue weighted by Crippen LogP contribution is 2.15. The first kappa shape index (κ1) is 17.1. The summed E-state index contributed by atoms with van der Waals surface area (Å²) in [4.78, 5) is 24.1. The third-order valence-corrected chi connectivity index (χ3v) is 3.13. The highest BCUT2D eigenvalue weighted by molar-refractivity contribution is 6.07. The second-order valence-corrected chi connectivity index (χ2v) is 4.92. The van der Waals surface area contributed by atoms with Crippen LogP contribution in [0.25, 0.3) is 6.08 Å². The Morgan fingerprint density at radius 1 is 1.08 bits per heavy atom. The van der Waals surface area contributed by atoms with Gasteiger partial charge in [0.05, 0.1) is 11.3 Å². The highest BCUT2D eigenvalue weighted by atomic mass is 19.1. The molecule has 122 valence electrons. The van der Waals surface area contributed by atoms with Crippen molar-refractivity contribution in [3.05, 3.63) is 84.2 Å². The van der Waals surface area contributed by atoms with Crippen LogP contribution in [0.2, 0.25) is 0 Å². The topological polar surface area (TPSA) is 58.2 Å². The fraction of sp³-hybridized carbons (Fsp3) is 0.0526. The van der Waals surface area contributed by atoms with Crippen LogP contribution >= 0.6 is 0 Å². The zero-order valence-corrected chi connectivity index (χ0v) is 13.0. The minimum atomic E-state index is -0.386. The lowest BCUT2D eigenvalue weighted by Gasteiger charge is -2.09. The molecule has 0 bridgehead atoms. The van der Waals surface area contributed by atoms with E-state index in [1.54, 1.807) is 48.6 Å². The van der Waals surface area contributed by atoms with E-state index in [0.717, 1.165) is 0 Å². The molecule has 2 N–H and O–H groups in total. The summed E-state index contributed by atoms with van der Waals surface area (Å²) in [5, 5.41) is 5.33. The molecule has 0 atom stereocenters. The summed E-state index contributed by atoms with van der Waals surface area (Å²) < 4.78 is 12.8. The van der Waals surface area contributed by atoms with Gasteiger partial charge in [-0.05, 0) is 35.9 Å². The van der Waals surface area contributed by atoms with Crippen LogP contribution in [0.15, 0.2) is 67.3 Å². The van der Waals surface area contributed by atoms with Crippen molar-refractivity contribution in [3.8, 4) is 0 Å². The van der Waals surface area contributed by atoms with Gasteiger partial charge in [0.25, 0.3) is 5.91 Å². The number of hydrogen-bond donors (Lipinski definition) is 2. The van der Waals surface area contributed by atoms with Gasteiger partial charge in [-0.25, -0.2) is 4.39 Å². The lowest BCUT2D eigenvalue weighted by Crippen LogP contribution is -2.24. The zero-order valence-electron chi connectivity index (χ0n) is 13.0. The van der Waals surface area contributed by atoms with E-state index in [9.17, 15) is 14.0 Å². The molecule has 2 aromatic rings. The molecule has 0 saturated heterocycles. The first-order valence-corrected chi connectivity index (χ1v) is 7.33. The number of para-hydroxylation sites is 1. The average Bonchev–Trinajstić information content (AvgIpc) is 2.59. The van der Waals surface area contributed by atoms with Crippen LogP contribution in [0.4, 0.5) is 10.1 Å². The Kier molecular flexibility index (Phi) is 6.02. The monoisotopic (exact) mass is 324 g/mol. The van der Waals surface area contributed by atoms with Gasteiger partial charge in [-0.1, -0.05) is 30.3 Å². The van der Waals surface area contributed by atoms with Crippen molar-refractivity contribution in [1.82, 2.24) is 5.32 Å². The first-order chi connectivity index (χ1) is 11.6. The maximum absolute atomic E-state index is 12.8. The zero-order chi connectivity index (χ0) is 17.4. The molecule has 0 fully saturated rings. The summed E-state index contributed by atoms with van der Waals surface area (Å²) in [7, 11) is 0. The summed E-state index contributed by atoms with van der Waals surface area (Å²) >= 11 is 0. The predicted molar refractivity (Wildman–Crippen MR) is 93.0 cm³/mol. The van der Waals surface area contributed by atoms with Gasteiger partial charge in [-0.3, -0.25) is 9.59 Å². The first-order valence-electron chi connectivity index (χ1n) is 7.33. The van der Waals surface area contributed by atoms with Crippen LogP contribution < -0.4 is 10.6 Å². The molecular formula is C19H17FN2O2. The summed E-state index contributed by atoms with van der Waals surface area (Å²) in [5.74, 6) is -1.02. The Morgan fingerprint density at radius 3 is 2.50 bits per heavy atom. The van der Waals surface area contributed by atoms with Crippen molar-refractivity contribution in [1.29, 1.82) is 0 Å². The number of rotatable bonds is 6. The smallest absolute Gasteiger partial charge is 0.253 e. The van der Waals surface area contributed by atoms with Crippen LogP contribution in [0, 0.1) is 5.82 Å². The van der Waals surface area contributed by atoms with Gasteiger partial charge in [0.2, 0.25) is 5.91 Å². The largest absolute Gasteiger partial charge is 0.349 e. The fourth-order valence-electron chi connectivity index (χ4n) is 1.97. The Bertz CT molecular complexity index is 767. The molecule has 0 heterocycles. The molecule has 0 saturated carbocycles. The number of carbonyl (C=O) groups excluding carboxylic acids is 2. The Morgan fingerprint density at radius 2 is 1.79 bits per heavy atom. The molecule has 2 amide bonds. The Hall–Kier alpha value is -3.21. The van der Waals surface area contributed by atoms with Crippen molar-refractivity contribution >= 4 is 23.6 Å². The fourth-order valence-corrected chi connectivity index (χ4v) is 1.97. The van der Waals surface area contributed by atoms with Gasteiger partial charge >= 0.3 is 0 Å². The molecule has 0 spiro atoms. The lowest BCUT2D eigenvalue weighted by atomic mass is 10.1. The SMILES string of the molecule is C=CCNC(=O)c1ccccc1NC(=O)C=Cc1ccc(F)cc1. The maximum Gasteiger partial charge on any atom is 0.253 e. The number of halogens is 1. The van der Waals surface area contributed by atoms with Crippen LogP contribution in [0.1, 0.15) is 15.9 Å². The Balaban J connectivity index is 2.07. The number of nitrogens with one attached hydrogen (secondary N) is 2. The molecule has 0 aliphatic heterocycles. The van der Waals surface area contributed by atoms with E-state index in [1.807, 2.05) is 0 Å². The minimum Gasteiger partial charge on any atom is -0.349 e. The molecule has 4 nitrogen and oxygen atoms in total. The molecule has 24 heavy (non-hydrogen) atoms. The van der Waals surface area contributed by atoms with Crippen LogP contribution in [0.5, 0.6) is 0 Å². The molecule has 2 aromatic carbocycles. The van der Waals surface area contributed by atoms with Crippen LogP contribution in [-0.2, 0) is 4.79 Å². The summed E-state index contributed by atoms with van der Waals surface area (Å²) in [6.45, 7) is 3.88. The molecule has 5 heteroatoms. The minimum absolute atomic E-state index is 0.298. The van der Waals surface area contributed by atoms with Crippen molar-refractivity contribution < 1.29 is 14.0 Å². The maximum atomic E-state index is 12.8. The summed E-state index contributed by atoms with van der Waals surface area (Å²) in [5.41, 5.74) is 1.47. The molecular weight excluding hydrogens is 307 g/mol. The number of anilines is 1. The van der Waals surface area contributed by atoms with Crippen LogP contribution in [-0.4, -0.2) is 18.4 Å². The van der Waals surface area contributed by atoms with Crippen molar-refractivity contribution in [2.45, 2.75) is 0 Å². The molecule has 0 aliphatic rings. The third-order valence-electron chi connectivity index (χ3n) is 3.13. The van der Waals surface area contributed by atoms with Gasteiger partial charge in [0.15, 0.2) is 0 Å². The van der Waals surface area contributed by atoms with Gasteiger partial charge in [0.1, 0.15) is 5.82 Å². The van der Waals surface area contributed by atoms with Crippen LogP contribution in [0.3, 0.4) is 0 Å². The molecule has 0 radical (unpaired) electrons. The van der Waals surface area contributed by atoms with Crippen molar-refractivity contribution in [3.63, 3.8) is 0 Å². The second kappa shape index (κ2) is 8.43. The third kappa shape index (κ3) is 4.91. The van der Waals surface area contributed by atoms with E-state index in [0.29, 0.717) is 23.4 Å². The van der Waals surface area contributed by atoms with Gasteiger partial charge in [-0.15, -0.1) is 6.58 Å². The standard InChI is InChI=1S/C19H17FN2O2/c1-2-13-21-19(24)16-5-3-4-6-17(16)22-18(23)12-9-14-7-10-15(20)11-8-14/h2-12H,1,13H2,(H,21,24)(H,22,23). The highest BCUT2D eigenvalue weighted by Gasteiger charge is 2.11. The molecule has 0 aliphatic carbocycles. The van der Waals surface area contributed by atoms with E-state index in [2.05, 4.69) is 17.2 Å².